The highest BCUT2D eigenvalue weighted by Crippen LogP contribution is 2.30. The lowest BCUT2D eigenvalue weighted by atomic mass is 10.1. The number of benzene rings is 1. The smallest absolute Gasteiger partial charge is 0.209 e. The van der Waals surface area contributed by atoms with Crippen LogP contribution in [0.4, 0.5) is 0 Å². The van der Waals surface area contributed by atoms with Crippen LogP contribution in [0.25, 0.3) is 16.9 Å². The summed E-state index contributed by atoms with van der Waals surface area (Å²) in [4.78, 5) is 4.86. The summed E-state index contributed by atoms with van der Waals surface area (Å²) in [5.41, 5.74) is 4.19. The second-order valence-electron chi connectivity index (χ2n) is 6.77. The average molecular weight is 392 g/mol. The van der Waals surface area contributed by atoms with Gasteiger partial charge in [0, 0.05) is 24.1 Å². The first-order chi connectivity index (χ1) is 13.9. The number of hydrogen-bond acceptors (Lipinski definition) is 6. The molecule has 1 saturated heterocycles. The number of rotatable bonds is 6. The van der Waals surface area contributed by atoms with Crippen molar-refractivity contribution >= 4 is 17.4 Å². The van der Waals surface area contributed by atoms with Gasteiger partial charge >= 0.3 is 0 Å². The first kappa shape index (κ1) is 17.4. The lowest BCUT2D eigenvalue weighted by Gasteiger charge is -2.10. The van der Waals surface area contributed by atoms with E-state index in [1.165, 1.54) is 0 Å². The maximum absolute atomic E-state index is 5.73. The Balaban J connectivity index is 1.43. The van der Waals surface area contributed by atoms with Crippen LogP contribution < -0.4 is 0 Å². The molecule has 1 fully saturated rings. The zero-order valence-corrected chi connectivity index (χ0v) is 16.1. The van der Waals surface area contributed by atoms with Crippen molar-refractivity contribution in [2.75, 3.05) is 6.61 Å². The molecule has 0 radical (unpaired) electrons. The lowest BCUT2D eigenvalue weighted by molar-refractivity contribution is 0.0912. The van der Waals surface area contributed by atoms with Crippen molar-refractivity contribution in [1.29, 1.82) is 0 Å². The number of aromatic nitrogens is 6. The molecule has 4 aromatic rings. The molecule has 8 heteroatoms. The molecule has 0 bridgehead atoms. The second kappa shape index (κ2) is 7.73. The van der Waals surface area contributed by atoms with Gasteiger partial charge in [0.15, 0.2) is 0 Å². The molecule has 0 N–H and O–H groups in total. The van der Waals surface area contributed by atoms with Crippen LogP contribution in [0.3, 0.4) is 0 Å². The molecule has 0 saturated carbocycles. The molecule has 1 aliphatic rings. The van der Waals surface area contributed by atoms with Gasteiger partial charge in [-0.25, -0.2) is 9.67 Å². The van der Waals surface area contributed by atoms with Crippen LogP contribution in [0.15, 0.2) is 59.9 Å². The van der Waals surface area contributed by atoms with Crippen LogP contribution in [-0.2, 0) is 17.0 Å². The van der Waals surface area contributed by atoms with Crippen molar-refractivity contribution in [3.05, 3.63) is 60.4 Å². The fourth-order valence-corrected chi connectivity index (χ4v) is 4.44. The van der Waals surface area contributed by atoms with Gasteiger partial charge in [-0.1, -0.05) is 48.2 Å². The van der Waals surface area contributed by atoms with E-state index >= 15 is 0 Å². The fourth-order valence-electron chi connectivity index (χ4n) is 3.54. The van der Waals surface area contributed by atoms with Crippen molar-refractivity contribution in [3.63, 3.8) is 0 Å². The number of ether oxygens (including phenoxy) is 1. The normalized spacial score (nSPS) is 16.8. The van der Waals surface area contributed by atoms with E-state index in [9.17, 15) is 0 Å². The third-order valence-electron chi connectivity index (χ3n) is 4.91. The molecule has 0 aliphatic carbocycles. The van der Waals surface area contributed by atoms with Crippen LogP contribution in [-0.4, -0.2) is 42.3 Å². The van der Waals surface area contributed by atoms with Crippen LogP contribution in [0.2, 0.25) is 0 Å². The van der Waals surface area contributed by atoms with Gasteiger partial charge in [0.1, 0.15) is 5.65 Å². The van der Waals surface area contributed by atoms with E-state index in [1.54, 1.807) is 11.8 Å². The number of imidazole rings is 1. The quantitative estimate of drug-likeness (QED) is 0.468. The molecule has 4 heterocycles. The number of pyridine rings is 1. The topological polar surface area (TPSA) is 70.1 Å². The van der Waals surface area contributed by atoms with Gasteiger partial charge in [-0.05, 0) is 35.4 Å². The molecule has 5 rings (SSSR count). The number of thioether (sulfide) groups is 1. The van der Waals surface area contributed by atoms with Gasteiger partial charge in [-0.3, -0.25) is 0 Å². The minimum atomic E-state index is 0.207. The maximum Gasteiger partial charge on any atom is 0.209 e. The zero-order valence-electron chi connectivity index (χ0n) is 15.3. The SMILES string of the molecule is c1ccc(-c2nc3ccccn3c2CSc2nnnn2CC2CCCO2)cc1. The number of tetrazole rings is 1. The molecular formula is C20H20N6OS. The Morgan fingerprint density at radius 2 is 2.00 bits per heavy atom. The highest BCUT2D eigenvalue weighted by atomic mass is 32.2. The van der Waals surface area contributed by atoms with Gasteiger partial charge < -0.3 is 9.14 Å². The monoisotopic (exact) mass is 392 g/mol. The summed E-state index contributed by atoms with van der Waals surface area (Å²) in [6, 6.07) is 16.4. The summed E-state index contributed by atoms with van der Waals surface area (Å²) < 4.78 is 9.72. The Bertz CT molecular complexity index is 1070. The summed E-state index contributed by atoms with van der Waals surface area (Å²) in [5.74, 6) is 0.724. The van der Waals surface area contributed by atoms with Crippen molar-refractivity contribution in [2.45, 2.75) is 36.4 Å². The van der Waals surface area contributed by atoms with Gasteiger partial charge in [0.2, 0.25) is 5.16 Å². The minimum Gasteiger partial charge on any atom is -0.376 e. The van der Waals surface area contributed by atoms with E-state index in [2.05, 4.69) is 38.3 Å². The van der Waals surface area contributed by atoms with Gasteiger partial charge in [-0.15, -0.1) is 5.10 Å². The van der Waals surface area contributed by atoms with Crippen molar-refractivity contribution in [3.8, 4) is 11.3 Å². The molecule has 142 valence electrons. The predicted molar refractivity (Wildman–Crippen MR) is 107 cm³/mol. The third-order valence-corrected chi connectivity index (χ3v) is 5.88. The van der Waals surface area contributed by atoms with Crippen LogP contribution in [0.5, 0.6) is 0 Å². The molecule has 0 amide bonds. The Labute approximate surface area is 166 Å². The van der Waals surface area contributed by atoms with E-state index in [4.69, 9.17) is 9.72 Å². The first-order valence-corrected chi connectivity index (χ1v) is 10.4. The molecule has 1 aromatic carbocycles. The summed E-state index contributed by atoms with van der Waals surface area (Å²) in [7, 11) is 0. The largest absolute Gasteiger partial charge is 0.376 e. The predicted octanol–water partition coefficient (Wildman–Crippen LogP) is 3.46. The lowest BCUT2D eigenvalue weighted by Crippen LogP contribution is -2.16. The summed E-state index contributed by atoms with van der Waals surface area (Å²) in [6.07, 6.45) is 4.44. The van der Waals surface area contributed by atoms with Crippen molar-refractivity contribution in [2.24, 2.45) is 0 Å². The van der Waals surface area contributed by atoms with E-state index in [0.717, 1.165) is 53.0 Å². The Morgan fingerprint density at radius 3 is 2.86 bits per heavy atom. The molecule has 0 spiro atoms. The van der Waals surface area contributed by atoms with E-state index in [1.807, 2.05) is 41.1 Å². The highest BCUT2D eigenvalue weighted by molar-refractivity contribution is 7.98. The summed E-state index contributed by atoms with van der Waals surface area (Å²) in [5, 5.41) is 13.1. The van der Waals surface area contributed by atoms with Crippen LogP contribution in [0, 0.1) is 0 Å². The zero-order chi connectivity index (χ0) is 18.8. The maximum atomic E-state index is 5.73. The minimum absolute atomic E-state index is 0.207. The summed E-state index contributed by atoms with van der Waals surface area (Å²) >= 11 is 1.63. The molecule has 28 heavy (non-hydrogen) atoms. The third kappa shape index (κ3) is 3.41. The molecule has 1 atom stereocenters. The number of nitrogens with zero attached hydrogens (tertiary/aromatic N) is 6. The molecular weight excluding hydrogens is 372 g/mol. The average Bonchev–Trinajstić information content (AvgIpc) is 3.48. The van der Waals surface area contributed by atoms with Crippen LogP contribution >= 0.6 is 11.8 Å². The van der Waals surface area contributed by atoms with Gasteiger partial charge in [0.25, 0.3) is 0 Å². The Morgan fingerprint density at radius 1 is 1.11 bits per heavy atom. The second-order valence-corrected chi connectivity index (χ2v) is 7.71. The Hall–Kier alpha value is -2.71. The molecule has 1 aliphatic heterocycles. The summed E-state index contributed by atoms with van der Waals surface area (Å²) in [6.45, 7) is 1.53. The molecule has 3 aromatic heterocycles. The first-order valence-electron chi connectivity index (χ1n) is 9.40. The molecule has 1 unspecified atom stereocenters. The molecule has 7 nitrogen and oxygen atoms in total. The number of fused-ring (bicyclic) bond motifs is 1. The van der Waals surface area contributed by atoms with Gasteiger partial charge in [0.05, 0.1) is 24.0 Å². The van der Waals surface area contributed by atoms with Crippen LogP contribution in [0.1, 0.15) is 18.5 Å². The Kier molecular flexibility index (Phi) is 4.80. The van der Waals surface area contributed by atoms with E-state index < -0.39 is 0 Å². The number of hydrogen-bond donors (Lipinski definition) is 0. The standard InChI is InChI=1S/C20H20N6OS/c1-2-7-15(8-3-1)19-17(25-11-5-4-10-18(25)21-19)14-28-20-22-23-24-26(20)13-16-9-6-12-27-16/h1-5,7-8,10-11,16H,6,9,12-14H2. The van der Waals surface area contributed by atoms with Crippen molar-refractivity contribution in [1.82, 2.24) is 29.6 Å². The fraction of sp³-hybridized carbons (Fsp3) is 0.300. The van der Waals surface area contributed by atoms with Gasteiger partial charge in [-0.2, -0.15) is 0 Å². The van der Waals surface area contributed by atoms with E-state index in [-0.39, 0.29) is 6.10 Å². The highest BCUT2D eigenvalue weighted by Gasteiger charge is 2.20. The van der Waals surface area contributed by atoms with E-state index in [0.29, 0.717) is 6.54 Å². The van der Waals surface area contributed by atoms with Crippen molar-refractivity contribution < 1.29 is 4.74 Å².